The Kier molecular flexibility index (Phi) is 4.35. The highest BCUT2D eigenvalue weighted by Crippen LogP contribution is 2.21. The largest absolute Gasteiger partial charge is 0.393 e. The van der Waals surface area contributed by atoms with Gasteiger partial charge in [-0.25, -0.2) is 0 Å². The van der Waals surface area contributed by atoms with Crippen LogP contribution in [0, 0.1) is 5.41 Å². The van der Waals surface area contributed by atoms with Gasteiger partial charge in [0.25, 0.3) is 5.91 Å². The smallest absolute Gasteiger partial charge is 0.251 e. The molecule has 1 amide bonds. The lowest BCUT2D eigenvalue weighted by Crippen LogP contribution is -2.32. The van der Waals surface area contributed by atoms with Crippen LogP contribution in [-0.4, -0.2) is 32.4 Å². The second kappa shape index (κ2) is 5.85. The van der Waals surface area contributed by atoms with Crippen molar-refractivity contribution in [3.63, 3.8) is 0 Å². The standard InChI is InChI=1S/C14H19N3O2S/c1-14(2,3)12(18)6-7-15-13(19)9-4-5-10-11(8-9)17-20-16-10/h4-5,8,12,18H,6-7H2,1-3H3,(H,15,19). The molecule has 5 nitrogen and oxygen atoms in total. The summed E-state index contributed by atoms with van der Waals surface area (Å²) in [6.45, 7) is 6.37. The maximum Gasteiger partial charge on any atom is 0.251 e. The van der Waals surface area contributed by atoms with Crippen LogP contribution in [0.5, 0.6) is 0 Å². The molecule has 0 fully saturated rings. The summed E-state index contributed by atoms with van der Waals surface area (Å²) in [5.41, 5.74) is 1.93. The van der Waals surface area contributed by atoms with Gasteiger partial charge in [-0.3, -0.25) is 4.79 Å². The quantitative estimate of drug-likeness (QED) is 0.906. The molecule has 1 aromatic carbocycles. The van der Waals surface area contributed by atoms with E-state index in [1.165, 1.54) is 0 Å². The van der Waals surface area contributed by atoms with Crippen molar-refractivity contribution in [2.45, 2.75) is 33.3 Å². The van der Waals surface area contributed by atoms with Crippen LogP contribution in [0.3, 0.4) is 0 Å². The Morgan fingerprint density at radius 1 is 1.35 bits per heavy atom. The second-order valence-corrected chi connectivity index (χ2v) is 6.42. The van der Waals surface area contributed by atoms with Crippen molar-refractivity contribution in [1.82, 2.24) is 14.1 Å². The van der Waals surface area contributed by atoms with Gasteiger partial charge in [0.2, 0.25) is 0 Å². The van der Waals surface area contributed by atoms with Crippen LogP contribution in [0.2, 0.25) is 0 Å². The van der Waals surface area contributed by atoms with E-state index < -0.39 is 6.10 Å². The van der Waals surface area contributed by atoms with Crippen LogP contribution >= 0.6 is 11.7 Å². The number of amides is 1. The molecule has 0 saturated heterocycles. The van der Waals surface area contributed by atoms with E-state index in [1.54, 1.807) is 18.2 Å². The molecule has 1 aromatic heterocycles. The summed E-state index contributed by atoms with van der Waals surface area (Å²) in [5.74, 6) is -0.152. The molecule has 1 unspecified atom stereocenters. The van der Waals surface area contributed by atoms with E-state index in [4.69, 9.17) is 0 Å². The number of aromatic nitrogens is 2. The van der Waals surface area contributed by atoms with Gasteiger partial charge in [-0.2, -0.15) is 8.75 Å². The fourth-order valence-corrected chi connectivity index (χ4v) is 2.30. The van der Waals surface area contributed by atoms with Crippen molar-refractivity contribution < 1.29 is 9.90 Å². The van der Waals surface area contributed by atoms with Gasteiger partial charge in [0.15, 0.2) is 0 Å². The van der Waals surface area contributed by atoms with Gasteiger partial charge in [0.1, 0.15) is 11.0 Å². The summed E-state index contributed by atoms with van der Waals surface area (Å²) in [5, 5.41) is 12.7. The number of hydrogen-bond donors (Lipinski definition) is 2. The second-order valence-electron chi connectivity index (χ2n) is 5.89. The molecule has 1 heterocycles. The Labute approximate surface area is 122 Å². The van der Waals surface area contributed by atoms with Crippen molar-refractivity contribution in [2.75, 3.05) is 6.54 Å². The summed E-state index contributed by atoms with van der Waals surface area (Å²) in [4.78, 5) is 12.0. The lowest BCUT2D eigenvalue weighted by atomic mass is 9.87. The normalized spacial score (nSPS) is 13.4. The van der Waals surface area contributed by atoms with Crippen LogP contribution in [0.25, 0.3) is 11.0 Å². The highest BCUT2D eigenvalue weighted by Gasteiger charge is 2.21. The molecule has 1 atom stereocenters. The summed E-state index contributed by atoms with van der Waals surface area (Å²) >= 11 is 1.13. The molecule has 0 aliphatic carbocycles. The van der Waals surface area contributed by atoms with Crippen LogP contribution in [0.1, 0.15) is 37.6 Å². The van der Waals surface area contributed by atoms with E-state index in [-0.39, 0.29) is 11.3 Å². The fraction of sp³-hybridized carbons (Fsp3) is 0.500. The monoisotopic (exact) mass is 293 g/mol. The number of carbonyl (C=O) groups excluding carboxylic acids is 1. The van der Waals surface area contributed by atoms with Gasteiger partial charge in [-0.05, 0) is 30.0 Å². The Balaban J connectivity index is 1.91. The van der Waals surface area contributed by atoms with Gasteiger partial charge in [0.05, 0.1) is 17.8 Å². The molecule has 0 bridgehead atoms. The lowest BCUT2D eigenvalue weighted by Gasteiger charge is -2.25. The SMILES string of the molecule is CC(C)(C)C(O)CCNC(=O)c1ccc2nsnc2c1. The molecule has 108 valence electrons. The number of carbonyl (C=O) groups is 1. The maximum atomic E-state index is 12.0. The molecule has 2 aromatic rings. The first-order chi connectivity index (χ1) is 9.38. The van der Waals surface area contributed by atoms with Crippen molar-refractivity contribution in [3.05, 3.63) is 23.8 Å². The van der Waals surface area contributed by atoms with E-state index in [0.29, 0.717) is 18.5 Å². The molecular weight excluding hydrogens is 274 g/mol. The molecule has 0 saturated carbocycles. The number of aliphatic hydroxyl groups excluding tert-OH is 1. The Bertz CT molecular complexity index is 604. The van der Waals surface area contributed by atoms with E-state index in [0.717, 1.165) is 22.8 Å². The van der Waals surface area contributed by atoms with Gasteiger partial charge in [-0.15, -0.1) is 0 Å². The van der Waals surface area contributed by atoms with Crippen molar-refractivity contribution in [3.8, 4) is 0 Å². The van der Waals surface area contributed by atoms with Crippen molar-refractivity contribution in [2.24, 2.45) is 5.41 Å². The number of nitrogens with one attached hydrogen (secondary N) is 1. The molecule has 0 spiro atoms. The molecule has 2 rings (SSSR count). The topological polar surface area (TPSA) is 75.1 Å². The predicted octanol–water partition coefficient (Wildman–Crippen LogP) is 2.22. The van der Waals surface area contributed by atoms with Crippen LogP contribution in [0.15, 0.2) is 18.2 Å². The Morgan fingerprint density at radius 3 is 2.75 bits per heavy atom. The number of aliphatic hydroxyl groups is 1. The first-order valence-electron chi connectivity index (χ1n) is 6.56. The highest BCUT2D eigenvalue weighted by molar-refractivity contribution is 7.00. The summed E-state index contributed by atoms with van der Waals surface area (Å²) in [6.07, 6.45) is 0.100. The van der Waals surface area contributed by atoms with Crippen molar-refractivity contribution >= 4 is 28.7 Å². The molecular formula is C14H19N3O2S. The molecule has 0 aliphatic heterocycles. The minimum atomic E-state index is -0.437. The van der Waals surface area contributed by atoms with Gasteiger partial charge >= 0.3 is 0 Å². The zero-order valence-electron chi connectivity index (χ0n) is 11.9. The third kappa shape index (κ3) is 3.52. The van der Waals surface area contributed by atoms with E-state index in [1.807, 2.05) is 20.8 Å². The first-order valence-corrected chi connectivity index (χ1v) is 7.29. The van der Waals surface area contributed by atoms with E-state index in [9.17, 15) is 9.90 Å². The lowest BCUT2D eigenvalue weighted by molar-refractivity contribution is 0.0551. The fourth-order valence-electron chi connectivity index (χ4n) is 1.78. The van der Waals surface area contributed by atoms with Crippen molar-refractivity contribution in [1.29, 1.82) is 0 Å². The van der Waals surface area contributed by atoms with Gasteiger partial charge in [0, 0.05) is 12.1 Å². The van der Waals surface area contributed by atoms with E-state index >= 15 is 0 Å². The maximum absolute atomic E-state index is 12.0. The summed E-state index contributed by atoms with van der Waals surface area (Å²) in [6, 6.07) is 5.26. The number of hydrogen-bond acceptors (Lipinski definition) is 5. The van der Waals surface area contributed by atoms with Crippen LogP contribution in [0.4, 0.5) is 0 Å². The van der Waals surface area contributed by atoms with Gasteiger partial charge < -0.3 is 10.4 Å². The zero-order chi connectivity index (χ0) is 14.8. The number of fused-ring (bicyclic) bond motifs is 1. The minimum absolute atomic E-state index is 0.152. The average Bonchev–Trinajstić information content (AvgIpc) is 2.84. The highest BCUT2D eigenvalue weighted by atomic mass is 32.1. The Hall–Kier alpha value is -1.53. The molecule has 2 N–H and O–H groups in total. The predicted molar refractivity (Wildman–Crippen MR) is 79.8 cm³/mol. The van der Waals surface area contributed by atoms with Crippen LogP contribution in [-0.2, 0) is 0 Å². The molecule has 0 radical (unpaired) electrons. The first kappa shape index (κ1) is 14.9. The number of benzene rings is 1. The minimum Gasteiger partial charge on any atom is -0.393 e. The summed E-state index contributed by atoms with van der Waals surface area (Å²) in [7, 11) is 0. The third-order valence-electron chi connectivity index (χ3n) is 3.22. The number of nitrogens with zero attached hydrogens (tertiary/aromatic N) is 2. The average molecular weight is 293 g/mol. The van der Waals surface area contributed by atoms with Crippen LogP contribution < -0.4 is 5.32 Å². The van der Waals surface area contributed by atoms with Gasteiger partial charge in [-0.1, -0.05) is 20.8 Å². The molecule has 6 heteroatoms. The third-order valence-corrected chi connectivity index (χ3v) is 3.78. The molecule has 0 aliphatic rings. The summed E-state index contributed by atoms with van der Waals surface area (Å²) < 4.78 is 8.21. The van der Waals surface area contributed by atoms with E-state index in [2.05, 4.69) is 14.1 Å². The number of rotatable bonds is 4. The Morgan fingerprint density at radius 2 is 2.05 bits per heavy atom. The zero-order valence-corrected chi connectivity index (χ0v) is 12.7. The molecule has 20 heavy (non-hydrogen) atoms.